The van der Waals surface area contributed by atoms with Gasteiger partial charge >= 0.3 is 0 Å². The van der Waals surface area contributed by atoms with Crippen molar-refractivity contribution in [1.29, 1.82) is 0 Å². The minimum atomic E-state index is -0.232. The average Bonchev–Trinajstić information content (AvgIpc) is 2.80. The van der Waals surface area contributed by atoms with Crippen molar-refractivity contribution in [3.63, 3.8) is 0 Å². The van der Waals surface area contributed by atoms with Crippen molar-refractivity contribution < 1.29 is 4.79 Å². The van der Waals surface area contributed by atoms with Crippen LogP contribution in [0.5, 0.6) is 0 Å². The number of rotatable bonds is 6. The second kappa shape index (κ2) is 4.97. The van der Waals surface area contributed by atoms with Crippen LogP contribution in [0.1, 0.15) is 52.9 Å². The van der Waals surface area contributed by atoms with Crippen LogP contribution in [0.4, 0.5) is 0 Å². The molecule has 0 aromatic rings. The maximum atomic E-state index is 11.5. The zero-order valence-electron chi connectivity index (χ0n) is 10.2. The Morgan fingerprint density at radius 1 is 1.53 bits per heavy atom. The molecule has 0 spiro atoms. The van der Waals surface area contributed by atoms with Crippen molar-refractivity contribution in [3.05, 3.63) is 0 Å². The molecule has 0 aromatic heterocycles. The number of hydrogen-bond acceptors (Lipinski definition) is 2. The van der Waals surface area contributed by atoms with E-state index in [0.29, 0.717) is 12.5 Å². The standard InChI is InChI=1S/C12H24N2O/c1-4-5-9-8-10(9)14-11(15)6-7-12(2,3)13/h9-10H,4-8,13H2,1-3H3,(H,14,15). The molecule has 3 N–H and O–H groups in total. The number of nitrogens with one attached hydrogen (secondary N) is 1. The molecule has 15 heavy (non-hydrogen) atoms. The highest BCUT2D eigenvalue weighted by Crippen LogP contribution is 2.34. The number of carbonyl (C=O) groups excluding carboxylic acids is 1. The van der Waals surface area contributed by atoms with Gasteiger partial charge in [0.2, 0.25) is 5.91 Å². The quantitative estimate of drug-likeness (QED) is 0.705. The molecule has 88 valence electrons. The van der Waals surface area contributed by atoms with E-state index in [9.17, 15) is 4.79 Å². The van der Waals surface area contributed by atoms with Gasteiger partial charge in [0.25, 0.3) is 0 Å². The van der Waals surface area contributed by atoms with Crippen molar-refractivity contribution in [1.82, 2.24) is 5.32 Å². The fraction of sp³-hybridized carbons (Fsp3) is 0.917. The van der Waals surface area contributed by atoms with Gasteiger partial charge in [0.1, 0.15) is 0 Å². The molecule has 1 rings (SSSR count). The lowest BCUT2D eigenvalue weighted by Crippen LogP contribution is -2.35. The lowest BCUT2D eigenvalue weighted by molar-refractivity contribution is -0.121. The summed E-state index contributed by atoms with van der Waals surface area (Å²) in [6, 6.07) is 0.457. The first kappa shape index (κ1) is 12.5. The maximum absolute atomic E-state index is 11.5. The number of nitrogens with two attached hydrogens (primary N) is 1. The minimum Gasteiger partial charge on any atom is -0.353 e. The summed E-state index contributed by atoms with van der Waals surface area (Å²) in [5.74, 6) is 0.905. The second-order valence-corrected chi connectivity index (χ2v) is 5.45. The van der Waals surface area contributed by atoms with E-state index in [1.54, 1.807) is 0 Å². The smallest absolute Gasteiger partial charge is 0.220 e. The van der Waals surface area contributed by atoms with Crippen molar-refractivity contribution in [3.8, 4) is 0 Å². The topological polar surface area (TPSA) is 55.1 Å². The molecule has 0 saturated heterocycles. The van der Waals surface area contributed by atoms with Gasteiger partial charge in [0.15, 0.2) is 0 Å². The highest BCUT2D eigenvalue weighted by atomic mass is 16.1. The van der Waals surface area contributed by atoms with Crippen molar-refractivity contribution in [2.75, 3.05) is 0 Å². The van der Waals surface area contributed by atoms with Crippen LogP contribution in [0.2, 0.25) is 0 Å². The molecule has 1 saturated carbocycles. The molecule has 0 aromatic carbocycles. The van der Waals surface area contributed by atoms with Gasteiger partial charge in [-0.25, -0.2) is 0 Å². The molecule has 1 fully saturated rings. The Morgan fingerprint density at radius 2 is 2.20 bits per heavy atom. The van der Waals surface area contributed by atoms with Crippen molar-refractivity contribution in [2.45, 2.75) is 64.5 Å². The maximum Gasteiger partial charge on any atom is 0.220 e. The largest absolute Gasteiger partial charge is 0.353 e. The van der Waals surface area contributed by atoms with E-state index >= 15 is 0 Å². The second-order valence-electron chi connectivity index (χ2n) is 5.45. The van der Waals surface area contributed by atoms with Gasteiger partial charge in [-0.3, -0.25) is 4.79 Å². The average molecular weight is 212 g/mol. The van der Waals surface area contributed by atoms with Crippen LogP contribution < -0.4 is 11.1 Å². The SMILES string of the molecule is CCCC1CC1NC(=O)CCC(C)(C)N. The Morgan fingerprint density at radius 3 is 2.73 bits per heavy atom. The summed E-state index contributed by atoms with van der Waals surface area (Å²) in [6.07, 6.45) is 4.94. The molecular weight excluding hydrogens is 188 g/mol. The van der Waals surface area contributed by atoms with Crippen LogP contribution in [-0.2, 0) is 4.79 Å². The number of carbonyl (C=O) groups is 1. The Balaban J connectivity index is 2.10. The van der Waals surface area contributed by atoms with Crippen LogP contribution in [0.3, 0.4) is 0 Å². The third kappa shape index (κ3) is 5.17. The molecule has 2 atom stereocenters. The predicted molar refractivity (Wildman–Crippen MR) is 62.4 cm³/mol. The van der Waals surface area contributed by atoms with Gasteiger partial charge in [0.05, 0.1) is 0 Å². The Kier molecular flexibility index (Phi) is 4.14. The molecule has 0 bridgehead atoms. The van der Waals surface area contributed by atoms with Crippen molar-refractivity contribution in [2.24, 2.45) is 11.7 Å². The lowest BCUT2D eigenvalue weighted by Gasteiger charge is -2.17. The molecule has 3 nitrogen and oxygen atoms in total. The summed E-state index contributed by atoms with van der Waals surface area (Å²) in [5, 5.41) is 3.07. The van der Waals surface area contributed by atoms with Crippen LogP contribution in [0.15, 0.2) is 0 Å². The molecule has 0 heterocycles. The summed E-state index contributed by atoms with van der Waals surface area (Å²) in [7, 11) is 0. The summed E-state index contributed by atoms with van der Waals surface area (Å²) in [4.78, 5) is 11.5. The summed E-state index contributed by atoms with van der Waals surface area (Å²) < 4.78 is 0. The highest BCUT2D eigenvalue weighted by Gasteiger charge is 2.36. The van der Waals surface area contributed by atoms with Gasteiger partial charge in [0, 0.05) is 18.0 Å². The molecule has 1 aliphatic carbocycles. The summed E-state index contributed by atoms with van der Waals surface area (Å²) >= 11 is 0. The minimum absolute atomic E-state index is 0.164. The van der Waals surface area contributed by atoms with Gasteiger partial charge < -0.3 is 11.1 Å². The van der Waals surface area contributed by atoms with Crippen LogP contribution in [-0.4, -0.2) is 17.5 Å². The zero-order valence-corrected chi connectivity index (χ0v) is 10.2. The molecule has 2 unspecified atom stereocenters. The Hall–Kier alpha value is -0.570. The van der Waals surface area contributed by atoms with E-state index in [4.69, 9.17) is 5.73 Å². The molecule has 1 aliphatic rings. The first-order valence-electron chi connectivity index (χ1n) is 6.00. The first-order valence-corrected chi connectivity index (χ1v) is 6.00. The number of hydrogen-bond donors (Lipinski definition) is 2. The molecule has 0 radical (unpaired) electrons. The van der Waals surface area contributed by atoms with Crippen LogP contribution in [0.25, 0.3) is 0 Å². The third-order valence-electron chi connectivity index (χ3n) is 2.92. The number of amides is 1. The zero-order chi connectivity index (χ0) is 11.5. The molecule has 0 aliphatic heterocycles. The normalized spacial score (nSPS) is 25.1. The van der Waals surface area contributed by atoms with E-state index in [-0.39, 0.29) is 11.4 Å². The third-order valence-corrected chi connectivity index (χ3v) is 2.92. The molecule has 3 heteroatoms. The highest BCUT2D eigenvalue weighted by molar-refractivity contribution is 5.76. The van der Waals surface area contributed by atoms with Gasteiger partial charge in [-0.1, -0.05) is 13.3 Å². The predicted octanol–water partition coefficient (Wildman–Crippen LogP) is 1.81. The summed E-state index contributed by atoms with van der Waals surface area (Å²) in [6.45, 7) is 6.10. The fourth-order valence-corrected chi connectivity index (χ4v) is 1.83. The fourth-order valence-electron chi connectivity index (χ4n) is 1.83. The monoisotopic (exact) mass is 212 g/mol. The lowest BCUT2D eigenvalue weighted by atomic mass is 10.00. The van der Waals surface area contributed by atoms with E-state index in [1.165, 1.54) is 19.3 Å². The van der Waals surface area contributed by atoms with Crippen LogP contribution >= 0.6 is 0 Å². The van der Waals surface area contributed by atoms with Crippen molar-refractivity contribution >= 4 is 5.91 Å². The summed E-state index contributed by atoms with van der Waals surface area (Å²) in [5.41, 5.74) is 5.59. The van der Waals surface area contributed by atoms with Crippen LogP contribution in [0, 0.1) is 5.92 Å². The Labute approximate surface area is 92.8 Å². The molecule has 1 amide bonds. The molecular formula is C12H24N2O. The Bertz CT molecular complexity index is 220. The first-order chi connectivity index (χ1) is 6.92. The van der Waals surface area contributed by atoms with E-state index in [2.05, 4.69) is 12.2 Å². The van der Waals surface area contributed by atoms with Gasteiger partial charge in [-0.05, 0) is 39.0 Å². The van der Waals surface area contributed by atoms with E-state index in [1.807, 2.05) is 13.8 Å². The van der Waals surface area contributed by atoms with E-state index < -0.39 is 0 Å². The van der Waals surface area contributed by atoms with E-state index in [0.717, 1.165) is 12.3 Å². The van der Waals surface area contributed by atoms with Gasteiger partial charge in [-0.15, -0.1) is 0 Å². The van der Waals surface area contributed by atoms with Gasteiger partial charge in [-0.2, -0.15) is 0 Å².